The molecule has 18 heavy (non-hydrogen) atoms. The van der Waals surface area contributed by atoms with Crippen molar-refractivity contribution in [2.24, 2.45) is 0 Å². The van der Waals surface area contributed by atoms with Gasteiger partial charge in [0.2, 0.25) is 0 Å². The highest BCUT2D eigenvalue weighted by Crippen LogP contribution is 2.22. The van der Waals surface area contributed by atoms with E-state index < -0.39 is 5.54 Å². The Kier molecular flexibility index (Phi) is 5.54. The highest BCUT2D eigenvalue weighted by atomic mass is 16.5. The van der Waals surface area contributed by atoms with Gasteiger partial charge in [-0.25, -0.2) is 0 Å². The molecule has 0 aliphatic carbocycles. The molecule has 1 fully saturated rings. The monoisotopic (exact) mass is 255 g/mol. The average molecular weight is 255 g/mol. The molecule has 1 rings (SSSR count). The SMILES string of the molecule is CNC(C)(C#N)CC(C)N1CC(OC)C(OC)C1. The van der Waals surface area contributed by atoms with Gasteiger partial charge >= 0.3 is 0 Å². The van der Waals surface area contributed by atoms with Crippen LogP contribution in [0.1, 0.15) is 20.3 Å². The van der Waals surface area contributed by atoms with E-state index in [9.17, 15) is 5.26 Å². The molecule has 0 aromatic carbocycles. The lowest BCUT2D eigenvalue weighted by molar-refractivity contribution is -0.00461. The van der Waals surface area contributed by atoms with E-state index in [2.05, 4.69) is 23.2 Å². The number of nitrogens with one attached hydrogen (secondary N) is 1. The van der Waals surface area contributed by atoms with Crippen molar-refractivity contribution in [2.45, 2.75) is 44.1 Å². The molecule has 1 aliphatic rings. The van der Waals surface area contributed by atoms with E-state index in [4.69, 9.17) is 9.47 Å². The molecule has 104 valence electrons. The van der Waals surface area contributed by atoms with Crippen LogP contribution in [0, 0.1) is 11.3 Å². The first-order chi connectivity index (χ1) is 8.49. The van der Waals surface area contributed by atoms with Crippen molar-refractivity contribution < 1.29 is 9.47 Å². The van der Waals surface area contributed by atoms with Gasteiger partial charge in [0.25, 0.3) is 0 Å². The largest absolute Gasteiger partial charge is 0.377 e. The second-order valence-corrected chi connectivity index (χ2v) is 5.25. The molecule has 1 heterocycles. The fraction of sp³-hybridized carbons (Fsp3) is 0.923. The van der Waals surface area contributed by atoms with Crippen LogP contribution in [0.15, 0.2) is 0 Å². The highest BCUT2D eigenvalue weighted by Gasteiger charge is 2.37. The molecular formula is C13H25N3O2. The minimum absolute atomic E-state index is 0.125. The molecular weight excluding hydrogens is 230 g/mol. The van der Waals surface area contributed by atoms with E-state index in [1.54, 1.807) is 14.2 Å². The summed E-state index contributed by atoms with van der Waals surface area (Å²) in [5.41, 5.74) is -0.479. The number of hydrogen-bond donors (Lipinski definition) is 1. The van der Waals surface area contributed by atoms with Crippen LogP contribution in [-0.2, 0) is 9.47 Å². The molecule has 1 aliphatic heterocycles. The third-order valence-electron chi connectivity index (χ3n) is 3.97. The van der Waals surface area contributed by atoms with Crippen molar-refractivity contribution in [3.05, 3.63) is 0 Å². The third-order valence-corrected chi connectivity index (χ3v) is 3.97. The summed E-state index contributed by atoms with van der Waals surface area (Å²) in [7, 11) is 5.27. The van der Waals surface area contributed by atoms with Gasteiger partial charge in [-0.2, -0.15) is 5.26 Å². The van der Waals surface area contributed by atoms with E-state index in [1.807, 2.05) is 14.0 Å². The maximum Gasteiger partial charge on any atom is 0.105 e. The topological polar surface area (TPSA) is 57.5 Å². The summed E-state index contributed by atoms with van der Waals surface area (Å²) in [4.78, 5) is 2.33. The number of methoxy groups -OCH3 is 2. The molecule has 1 N–H and O–H groups in total. The van der Waals surface area contributed by atoms with Gasteiger partial charge in [0.05, 0.1) is 18.3 Å². The van der Waals surface area contributed by atoms with Gasteiger partial charge in [-0.1, -0.05) is 0 Å². The van der Waals surface area contributed by atoms with Crippen LogP contribution in [0.25, 0.3) is 0 Å². The van der Waals surface area contributed by atoms with Crippen molar-refractivity contribution >= 4 is 0 Å². The summed E-state index contributed by atoms with van der Waals surface area (Å²) in [5.74, 6) is 0. The van der Waals surface area contributed by atoms with Crippen LogP contribution in [0.4, 0.5) is 0 Å². The maximum atomic E-state index is 9.19. The lowest BCUT2D eigenvalue weighted by Gasteiger charge is -2.30. The first kappa shape index (κ1) is 15.4. The summed E-state index contributed by atoms with van der Waals surface area (Å²) >= 11 is 0. The van der Waals surface area contributed by atoms with E-state index >= 15 is 0 Å². The van der Waals surface area contributed by atoms with Crippen molar-refractivity contribution in [1.82, 2.24) is 10.2 Å². The van der Waals surface area contributed by atoms with Crippen LogP contribution in [0.3, 0.4) is 0 Å². The molecule has 0 amide bonds. The lowest BCUT2D eigenvalue weighted by Crippen LogP contribution is -2.45. The molecule has 5 heteroatoms. The quantitative estimate of drug-likeness (QED) is 0.753. The fourth-order valence-corrected chi connectivity index (χ4v) is 2.51. The molecule has 0 spiro atoms. The Labute approximate surface area is 110 Å². The summed E-state index contributed by atoms with van der Waals surface area (Å²) in [6, 6.07) is 2.65. The summed E-state index contributed by atoms with van der Waals surface area (Å²) in [6.45, 7) is 5.81. The molecule has 1 saturated heterocycles. The molecule has 0 saturated carbocycles. The van der Waals surface area contributed by atoms with Gasteiger partial charge in [0.15, 0.2) is 0 Å². The third kappa shape index (κ3) is 3.42. The van der Waals surface area contributed by atoms with Crippen LogP contribution in [0.2, 0.25) is 0 Å². The van der Waals surface area contributed by atoms with E-state index in [-0.39, 0.29) is 12.2 Å². The number of nitriles is 1. The van der Waals surface area contributed by atoms with Crippen molar-refractivity contribution in [3.8, 4) is 6.07 Å². The van der Waals surface area contributed by atoms with E-state index in [0.717, 1.165) is 19.5 Å². The number of ether oxygens (including phenoxy) is 2. The molecule has 5 nitrogen and oxygen atoms in total. The zero-order valence-electron chi connectivity index (χ0n) is 12.1. The van der Waals surface area contributed by atoms with Crippen LogP contribution < -0.4 is 5.32 Å². The molecule has 0 bridgehead atoms. The fourth-order valence-electron chi connectivity index (χ4n) is 2.51. The standard InChI is InChI=1S/C13H25N3O2/c1-10(6-13(2,9-14)15-3)16-7-11(17-4)12(8-16)18-5/h10-12,15H,6-8H2,1-5H3. The maximum absolute atomic E-state index is 9.19. The lowest BCUT2D eigenvalue weighted by atomic mass is 9.95. The predicted octanol–water partition coefficient (Wildman–Crippen LogP) is 0.612. The van der Waals surface area contributed by atoms with Gasteiger partial charge in [0, 0.05) is 33.4 Å². The summed E-state index contributed by atoms with van der Waals surface area (Å²) < 4.78 is 10.9. The van der Waals surface area contributed by atoms with Crippen LogP contribution >= 0.6 is 0 Å². The number of rotatable bonds is 6. The van der Waals surface area contributed by atoms with Gasteiger partial charge < -0.3 is 14.8 Å². The second kappa shape index (κ2) is 6.48. The van der Waals surface area contributed by atoms with E-state index in [0.29, 0.717) is 6.04 Å². The normalized spacial score (nSPS) is 29.8. The van der Waals surface area contributed by atoms with Crippen LogP contribution in [0.5, 0.6) is 0 Å². The number of nitrogens with zero attached hydrogens (tertiary/aromatic N) is 2. The first-order valence-corrected chi connectivity index (χ1v) is 6.39. The van der Waals surface area contributed by atoms with Gasteiger partial charge in [-0.05, 0) is 27.3 Å². The zero-order valence-corrected chi connectivity index (χ0v) is 12.1. The minimum Gasteiger partial charge on any atom is -0.377 e. The molecule has 0 aromatic rings. The molecule has 4 unspecified atom stereocenters. The Morgan fingerprint density at radius 2 is 1.89 bits per heavy atom. The number of hydrogen-bond acceptors (Lipinski definition) is 5. The number of likely N-dealkylation sites (tertiary alicyclic amines) is 1. The average Bonchev–Trinajstić information content (AvgIpc) is 2.81. The van der Waals surface area contributed by atoms with Crippen molar-refractivity contribution in [3.63, 3.8) is 0 Å². The Morgan fingerprint density at radius 3 is 2.22 bits per heavy atom. The van der Waals surface area contributed by atoms with Crippen molar-refractivity contribution in [2.75, 3.05) is 34.4 Å². The molecule has 0 radical (unpaired) electrons. The van der Waals surface area contributed by atoms with Gasteiger partial charge in [-0.15, -0.1) is 0 Å². The second-order valence-electron chi connectivity index (χ2n) is 5.25. The van der Waals surface area contributed by atoms with E-state index in [1.165, 1.54) is 0 Å². The smallest absolute Gasteiger partial charge is 0.105 e. The first-order valence-electron chi connectivity index (χ1n) is 6.39. The van der Waals surface area contributed by atoms with Gasteiger partial charge in [0.1, 0.15) is 5.54 Å². The highest BCUT2D eigenvalue weighted by molar-refractivity contribution is 5.05. The van der Waals surface area contributed by atoms with Crippen LogP contribution in [-0.4, -0.2) is 63.0 Å². The Morgan fingerprint density at radius 1 is 1.39 bits per heavy atom. The van der Waals surface area contributed by atoms with Gasteiger partial charge in [-0.3, -0.25) is 4.90 Å². The predicted molar refractivity (Wildman–Crippen MR) is 70.3 cm³/mol. The minimum atomic E-state index is -0.479. The Hall–Kier alpha value is -0.670. The molecule has 4 atom stereocenters. The summed E-state index contributed by atoms with van der Waals surface area (Å²) in [6.07, 6.45) is 1.04. The Balaban J connectivity index is 2.59. The summed E-state index contributed by atoms with van der Waals surface area (Å²) in [5, 5.41) is 12.3. The Bertz CT molecular complexity index is 293. The van der Waals surface area contributed by atoms with Crippen molar-refractivity contribution in [1.29, 1.82) is 5.26 Å². The molecule has 0 aromatic heterocycles. The zero-order chi connectivity index (χ0) is 13.8.